The van der Waals surface area contributed by atoms with E-state index in [0.717, 1.165) is 22.9 Å². The molecule has 1 aromatic heterocycles. The van der Waals surface area contributed by atoms with Crippen LogP contribution in [0.1, 0.15) is 55.4 Å². The van der Waals surface area contributed by atoms with E-state index in [1.54, 1.807) is 19.1 Å². The molecular weight excluding hydrogens is 434 g/mol. The molecule has 2 atom stereocenters. The highest BCUT2D eigenvalue weighted by Gasteiger charge is 2.22. The second-order valence-corrected chi connectivity index (χ2v) is 8.50. The number of carboxylic acids is 1. The van der Waals surface area contributed by atoms with Gasteiger partial charge in [0, 0.05) is 22.9 Å². The SMILES string of the molecule is CCCC[C@@H](NC(=O)[C@@H](C)Oc1ccc2c(C)c(Cc3ccccc3)c(=O)oc2c1C)C(=O)[O-]. The molecule has 1 amide bonds. The summed E-state index contributed by atoms with van der Waals surface area (Å²) >= 11 is 0. The summed E-state index contributed by atoms with van der Waals surface area (Å²) in [5, 5.41) is 14.6. The van der Waals surface area contributed by atoms with E-state index in [-0.39, 0.29) is 0 Å². The third kappa shape index (κ3) is 5.65. The largest absolute Gasteiger partial charge is 0.548 e. The number of aliphatic carboxylic acids is 1. The Morgan fingerprint density at radius 1 is 1.09 bits per heavy atom. The molecule has 1 heterocycles. The standard InChI is InChI=1S/C27H31NO6/c1-5-6-12-22(26(30)31)28-25(29)18(4)33-23-14-13-20-16(2)21(15-19-10-8-7-9-11-19)27(32)34-24(20)17(23)3/h7-11,13-14,18,22H,5-6,12,15H2,1-4H3,(H,28,29)(H,30,31)/p-1/t18-,22-/m1/s1. The quantitative estimate of drug-likeness (QED) is 0.462. The summed E-state index contributed by atoms with van der Waals surface area (Å²) in [5.41, 5.74) is 3.03. The molecule has 0 fully saturated rings. The van der Waals surface area contributed by atoms with Gasteiger partial charge in [-0.1, -0.05) is 50.1 Å². The van der Waals surface area contributed by atoms with Gasteiger partial charge in [0.05, 0.1) is 12.0 Å². The predicted octanol–water partition coefficient (Wildman–Crippen LogP) is 3.19. The first-order chi connectivity index (χ1) is 16.2. The number of hydrogen-bond donors (Lipinski definition) is 1. The van der Waals surface area contributed by atoms with Crippen LogP contribution in [0.5, 0.6) is 5.75 Å². The van der Waals surface area contributed by atoms with Crippen LogP contribution >= 0.6 is 0 Å². The summed E-state index contributed by atoms with van der Waals surface area (Å²) < 4.78 is 11.5. The summed E-state index contributed by atoms with van der Waals surface area (Å²) in [6.45, 7) is 7.12. The molecule has 34 heavy (non-hydrogen) atoms. The van der Waals surface area contributed by atoms with Crippen LogP contribution in [0.25, 0.3) is 11.0 Å². The molecule has 7 nitrogen and oxygen atoms in total. The van der Waals surface area contributed by atoms with Gasteiger partial charge in [0.25, 0.3) is 5.91 Å². The minimum absolute atomic E-state index is 0.294. The maximum Gasteiger partial charge on any atom is 0.340 e. The molecule has 0 aliphatic carbocycles. The fourth-order valence-electron chi connectivity index (χ4n) is 3.89. The molecule has 0 saturated heterocycles. The Bertz CT molecular complexity index is 1230. The van der Waals surface area contributed by atoms with Gasteiger partial charge in [0.2, 0.25) is 0 Å². The highest BCUT2D eigenvalue weighted by molar-refractivity contribution is 5.87. The molecule has 0 aliphatic rings. The first-order valence-electron chi connectivity index (χ1n) is 11.5. The van der Waals surface area contributed by atoms with Gasteiger partial charge in [-0.3, -0.25) is 4.79 Å². The minimum atomic E-state index is -1.32. The Morgan fingerprint density at radius 2 is 1.79 bits per heavy atom. The summed E-state index contributed by atoms with van der Waals surface area (Å²) in [6.07, 6.45) is 1.27. The molecule has 180 valence electrons. The molecule has 7 heteroatoms. The molecule has 0 unspecified atom stereocenters. The number of unbranched alkanes of at least 4 members (excludes halogenated alkanes) is 1. The number of carbonyl (C=O) groups excluding carboxylic acids is 2. The van der Waals surface area contributed by atoms with Crippen molar-refractivity contribution in [1.29, 1.82) is 0 Å². The Hall–Kier alpha value is -3.61. The van der Waals surface area contributed by atoms with Gasteiger partial charge in [-0.15, -0.1) is 0 Å². The average molecular weight is 465 g/mol. The van der Waals surface area contributed by atoms with Crippen molar-refractivity contribution in [3.8, 4) is 5.75 Å². The number of nitrogens with one attached hydrogen (secondary N) is 1. The zero-order valence-corrected chi connectivity index (χ0v) is 20.0. The second kappa shape index (κ2) is 11.0. The zero-order valence-electron chi connectivity index (χ0n) is 20.0. The van der Waals surface area contributed by atoms with Crippen LogP contribution in [0.2, 0.25) is 0 Å². The van der Waals surface area contributed by atoms with Crippen molar-refractivity contribution in [2.24, 2.45) is 0 Å². The smallest absolute Gasteiger partial charge is 0.340 e. The fourth-order valence-corrected chi connectivity index (χ4v) is 3.89. The number of amides is 1. The second-order valence-electron chi connectivity index (χ2n) is 8.50. The Kier molecular flexibility index (Phi) is 8.10. The molecule has 2 aromatic carbocycles. The monoisotopic (exact) mass is 464 g/mol. The van der Waals surface area contributed by atoms with Crippen molar-refractivity contribution in [3.05, 3.63) is 75.1 Å². The number of ether oxygens (including phenoxy) is 1. The van der Waals surface area contributed by atoms with E-state index in [1.165, 1.54) is 6.92 Å². The Morgan fingerprint density at radius 3 is 2.44 bits per heavy atom. The summed E-state index contributed by atoms with van der Waals surface area (Å²) in [4.78, 5) is 36.6. The maximum absolute atomic E-state index is 12.8. The number of rotatable bonds is 10. The van der Waals surface area contributed by atoms with Crippen molar-refractivity contribution in [3.63, 3.8) is 0 Å². The molecule has 0 spiro atoms. The topological polar surface area (TPSA) is 109 Å². The Balaban J connectivity index is 1.83. The van der Waals surface area contributed by atoms with Gasteiger partial charge in [-0.25, -0.2) is 4.79 Å². The van der Waals surface area contributed by atoms with E-state index in [9.17, 15) is 19.5 Å². The van der Waals surface area contributed by atoms with Gasteiger partial charge >= 0.3 is 5.63 Å². The number of hydrogen-bond acceptors (Lipinski definition) is 6. The fraction of sp³-hybridized carbons (Fsp3) is 0.370. The van der Waals surface area contributed by atoms with Crippen molar-refractivity contribution in [2.45, 2.75) is 65.5 Å². The number of aryl methyl sites for hydroxylation is 2. The van der Waals surface area contributed by atoms with E-state index < -0.39 is 29.6 Å². The van der Waals surface area contributed by atoms with Crippen molar-refractivity contribution in [2.75, 3.05) is 0 Å². The number of carboxylic acid groups (broad SMARTS) is 1. The molecule has 0 radical (unpaired) electrons. The van der Waals surface area contributed by atoms with Gasteiger partial charge in [-0.2, -0.15) is 0 Å². The van der Waals surface area contributed by atoms with E-state index in [1.807, 2.05) is 44.2 Å². The van der Waals surface area contributed by atoms with Gasteiger partial charge in [0.15, 0.2) is 6.10 Å². The van der Waals surface area contributed by atoms with E-state index in [2.05, 4.69) is 5.32 Å². The third-order valence-electron chi connectivity index (χ3n) is 6.00. The molecule has 3 rings (SSSR count). The van der Waals surface area contributed by atoms with Crippen LogP contribution in [-0.2, 0) is 16.0 Å². The minimum Gasteiger partial charge on any atom is -0.548 e. The molecule has 1 N–H and O–H groups in total. The normalized spacial score (nSPS) is 12.8. The lowest BCUT2D eigenvalue weighted by Crippen LogP contribution is -2.51. The number of fused-ring (bicyclic) bond motifs is 1. The number of carbonyl (C=O) groups is 2. The van der Waals surface area contributed by atoms with Crippen LogP contribution in [-0.4, -0.2) is 24.0 Å². The maximum atomic E-state index is 12.8. The number of benzene rings is 2. The lowest BCUT2D eigenvalue weighted by atomic mass is 9.98. The molecule has 0 bridgehead atoms. The van der Waals surface area contributed by atoms with Crippen molar-refractivity contribution < 1.29 is 23.8 Å². The van der Waals surface area contributed by atoms with Crippen LogP contribution in [0.4, 0.5) is 0 Å². The lowest BCUT2D eigenvalue weighted by Gasteiger charge is -2.23. The molecule has 3 aromatic rings. The van der Waals surface area contributed by atoms with E-state index in [0.29, 0.717) is 41.7 Å². The summed E-state index contributed by atoms with van der Waals surface area (Å²) in [7, 11) is 0. The van der Waals surface area contributed by atoms with Crippen LogP contribution < -0.4 is 20.8 Å². The Labute approximate surface area is 198 Å². The van der Waals surface area contributed by atoms with Crippen LogP contribution in [0, 0.1) is 13.8 Å². The van der Waals surface area contributed by atoms with E-state index >= 15 is 0 Å². The van der Waals surface area contributed by atoms with Crippen molar-refractivity contribution in [1.82, 2.24) is 5.32 Å². The first-order valence-corrected chi connectivity index (χ1v) is 11.5. The predicted molar refractivity (Wildman–Crippen MR) is 128 cm³/mol. The van der Waals surface area contributed by atoms with Crippen molar-refractivity contribution >= 4 is 22.8 Å². The van der Waals surface area contributed by atoms with Gasteiger partial charge in [0.1, 0.15) is 11.3 Å². The summed E-state index contributed by atoms with van der Waals surface area (Å²) in [5.74, 6) is -1.49. The zero-order chi connectivity index (χ0) is 24.8. The van der Waals surface area contributed by atoms with Crippen LogP contribution in [0.15, 0.2) is 51.7 Å². The lowest BCUT2D eigenvalue weighted by molar-refractivity contribution is -0.308. The van der Waals surface area contributed by atoms with Gasteiger partial charge in [-0.05, 0) is 50.5 Å². The highest BCUT2D eigenvalue weighted by atomic mass is 16.5. The molecule has 0 aliphatic heterocycles. The third-order valence-corrected chi connectivity index (χ3v) is 6.00. The van der Waals surface area contributed by atoms with E-state index in [4.69, 9.17) is 9.15 Å². The molecular formula is C27H30NO6-. The van der Waals surface area contributed by atoms with Gasteiger partial charge < -0.3 is 24.4 Å². The first kappa shape index (κ1) is 25.0. The molecule has 0 saturated carbocycles. The van der Waals surface area contributed by atoms with Crippen LogP contribution in [0.3, 0.4) is 0 Å². The summed E-state index contributed by atoms with van der Waals surface area (Å²) in [6, 6.07) is 12.2. The average Bonchev–Trinajstić information content (AvgIpc) is 2.81. The highest BCUT2D eigenvalue weighted by Crippen LogP contribution is 2.30.